The molecule has 1 amide bonds. The van der Waals surface area contributed by atoms with Crippen LogP contribution in [0.2, 0.25) is 0 Å². The second-order valence-electron chi connectivity index (χ2n) is 6.23. The zero-order valence-electron chi connectivity index (χ0n) is 14.6. The molecule has 1 aliphatic rings. The Morgan fingerprint density at radius 2 is 1.70 bits per heavy atom. The Balaban J connectivity index is 0.00000484. The maximum Gasteiger partial charge on any atom is 0.223 e. The van der Waals surface area contributed by atoms with Gasteiger partial charge in [-0.05, 0) is 25.7 Å². The zero-order valence-corrected chi connectivity index (χ0v) is 16.9. The average molecular weight is 438 g/mol. The number of hydrogen-bond donors (Lipinski definition) is 3. The van der Waals surface area contributed by atoms with Crippen LogP contribution in [0.4, 0.5) is 0 Å². The summed E-state index contributed by atoms with van der Waals surface area (Å²) in [6, 6.07) is 0. The summed E-state index contributed by atoms with van der Waals surface area (Å²) in [4.78, 5) is 15.9. The lowest BCUT2D eigenvalue weighted by Gasteiger charge is -2.23. The van der Waals surface area contributed by atoms with E-state index in [1.807, 2.05) is 0 Å². The summed E-state index contributed by atoms with van der Waals surface area (Å²) in [6.07, 6.45) is 11.8. The average Bonchev–Trinajstić information content (AvgIpc) is 2.44. The Labute approximate surface area is 158 Å². The highest BCUT2D eigenvalue weighted by atomic mass is 127. The van der Waals surface area contributed by atoms with Gasteiger partial charge >= 0.3 is 0 Å². The summed E-state index contributed by atoms with van der Waals surface area (Å²) in [6.45, 7) is 4.50. The van der Waals surface area contributed by atoms with Gasteiger partial charge < -0.3 is 16.4 Å². The highest BCUT2D eigenvalue weighted by Gasteiger charge is 2.24. The Morgan fingerprint density at radius 1 is 1.04 bits per heavy atom. The molecule has 0 radical (unpaired) electrons. The number of halogens is 1. The Bertz CT molecular complexity index is 333. The molecule has 0 atom stereocenters. The third kappa shape index (κ3) is 11.6. The Kier molecular flexibility index (Phi) is 14.7. The Hall–Kier alpha value is -0.530. The number of nitrogens with one attached hydrogen (secondary N) is 2. The number of rotatable bonds is 12. The van der Waals surface area contributed by atoms with E-state index in [1.165, 1.54) is 38.5 Å². The van der Waals surface area contributed by atoms with Crippen LogP contribution in [-0.2, 0) is 4.79 Å². The van der Waals surface area contributed by atoms with Crippen LogP contribution < -0.4 is 16.4 Å². The smallest absolute Gasteiger partial charge is 0.223 e. The normalized spacial score (nSPS) is 14.7. The van der Waals surface area contributed by atoms with E-state index < -0.39 is 0 Å². The summed E-state index contributed by atoms with van der Waals surface area (Å²) >= 11 is 0. The summed E-state index contributed by atoms with van der Waals surface area (Å²) in [5, 5.41) is 6.12. The van der Waals surface area contributed by atoms with Gasteiger partial charge in [-0.15, -0.1) is 24.0 Å². The summed E-state index contributed by atoms with van der Waals surface area (Å²) in [5.74, 6) is 1.01. The minimum atomic E-state index is 0. The number of hydrogen-bond acceptors (Lipinski definition) is 2. The maximum atomic E-state index is 11.6. The van der Waals surface area contributed by atoms with Gasteiger partial charge in [0, 0.05) is 25.6 Å². The van der Waals surface area contributed by atoms with Crippen molar-refractivity contribution in [2.75, 3.05) is 19.6 Å². The van der Waals surface area contributed by atoms with Crippen molar-refractivity contribution in [1.29, 1.82) is 0 Å². The van der Waals surface area contributed by atoms with Crippen molar-refractivity contribution < 1.29 is 4.79 Å². The third-order valence-corrected chi connectivity index (χ3v) is 4.23. The van der Waals surface area contributed by atoms with Crippen LogP contribution >= 0.6 is 24.0 Å². The van der Waals surface area contributed by atoms with Crippen LogP contribution in [0.25, 0.3) is 0 Å². The minimum Gasteiger partial charge on any atom is -0.370 e. The molecule has 4 N–H and O–H groups in total. The highest BCUT2D eigenvalue weighted by Crippen LogP contribution is 2.25. The van der Waals surface area contributed by atoms with E-state index in [9.17, 15) is 4.79 Å². The topological polar surface area (TPSA) is 79.5 Å². The van der Waals surface area contributed by atoms with Crippen LogP contribution in [0.1, 0.15) is 71.1 Å². The van der Waals surface area contributed by atoms with Crippen molar-refractivity contribution in [3.8, 4) is 0 Å². The largest absolute Gasteiger partial charge is 0.370 e. The molecule has 1 aliphatic carbocycles. The molecule has 0 heterocycles. The van der Waals surface area contributed by atoms with E-state index in [0.717, 1.165) is 32.2 Å². The number of carbonyl (C=O) groups is 1. The van der Waals surface area contributed by atoms with Gasteiger partial charge in [-0.1, -0.05) is 45.4 Å². The van der Waals surface area contributed by atoms with E-state index in [4.69, 9.17) is 5.73 Å². The molecular weight excluding hydrogens is 403 g/mol. The van der Waals surface area contributed by atoms with Gasteiger partial charge in [-0.2, -0.15) is 0 Å². The molecule has 1 saturated carbocycles. The van der Waals surface area contributed by atoms with Gasteiger partial charge in [0.1, 0.15) is 0 Å². The number of nitrogens with zero attached hydrogens (tertiary/aromatic N) is 1. The van der Waals surface area contributed by atoms with Crippen molar-refractivity contribution >= 4 is 35.8 Å². The molecule has 0 saturated heterocycles. The molecule has 0 aromatic heterocycles. The molecule has 1 fully saturated rings. The first-order valence-corrected chi connectivity index (χ1v) is 9.05. The predicted molar refractivity (Wildman–Crippen MR) is 108 cm³/mol. The molecule has 0 bridgehead atoms. The van der Waals surface area contributed by atoms with Crippen molar-refractivity contribution in [3.63, 3.8) is 0 Å². The lowest BCUT2D eigenvalue weighted by Crippen LogP contribution is -2.35. The van der Waals surface area contributed by atoms with Gasteiger partial charge in [-0.25, -0.2) is 0 Å². The molecule has 6 heteroatoms. The van der Waals surface area contributed by atoms with Gasteiger partial charge in [0.15, 0.2) is 5.96 Å². The predicted octanol–water partition coefficient (Wildman–Crippen LogP) is 3.18. The highest BCUT2D eigenvalue weighted by molar-refractivity contribution is 14.0. The Morgan fingerprint density at radius 3 is 2.35 bits per heavy atom. The van der Waals surface area contributed by atoms with Crippen LogP contribution in [0.3, 0.4) is 0 Å². The van der Waals surface area contributed by atoms with Crippen molar-refractivity contribution in [2.24, 2.45) is 16.6 Å². The fourth-order valence-corrected chi connectivity index (χ4v) is 2.48. The molecule has 0 aliphatic heterocycles. The van der Waals surface area contributed by atoms with Gasteiger partial charge in [-0.3, -0.25) is 9.79 Å². The van der Waals surface area contributed by atoms with E-state index >= 15 is 0 Å². The number of unbranched alkanes of at least 4 members (excludes halogenated alkanes) is 5. The zero-order chi connectivity index (χ0) is 16.0. The number of aliphatic imine (C=N–C) groups is 1. The van der Waals surface area contributed by atoms with Crippen LogP contribution in [0, 0.1) is 5.92 Å². The first-order chi connectivity index (χ1) is 10.7. The maximum absolute atomic E-state index is 11.6. The first kappa shape index (κ1) is 22.5. The molecule has 0 unspecified atom stereocenters. The molecule has 0 aromatic carbocycles. The number of carbonyl (C=O) groups excluding carboxylic acids is 1. The molecule has 5 nitrogen and oxygen atoms in total. The molecule has 0 aromatic rings. The van der Waals surface area contributed by atoms with Gasteiger partial charge in [0.25, 0.3) is 0 Å². The van der Waals surface area contributed by atoms with Crippen LogP contribution in [-0.4, -0.2) is 31.5 Å². The number of amides is 1. The second kappa shape index (κ2) is 15.0. The molecule has 1 rings (SSSR count). The van der Waals surface area contributed by atoms with Crippen molar-refractivity contribution in [2.45, 2.75) is 71.1 Å². The standard InChI is InChI=1S/C17H34N4O.HI/c1-2-3-4-5-6-7-12-20-17(18)21-14-9-13-19-16(22)15-10-8-11-15;/h15H,2-14H2,1H3,(H,19,22)(H3,18,20,21);1H. The quantitative estimate of drug-likeness (QED) is 0.190. The molecule has 136 valence electrons. The molecular formula is C17H35IN4O. The monoisotopic (exact) mass is 438 g/mol. The van der Waals surface area contributed by atoms with Gasteiger partial charge in [0.05, 0.1) is 0 Å². The molecule has 23 heavy (non-hydrogen) atoms. The van der Waals surface area contributed by atoms with Crippen molar-refractivity contribution in [1.82, 2.24) is 10.6 Å². The summed E-state index contributed by atoms with van der Waals surface area (Å²) < 4.78 is 0. The van der Waals surface area contributed by atoms with E-state index in [2.05, 4.69) is 22.5 Å². The van der Waals surface area contributed by atoms with E-state index in [-0.39, 0.29) is 35.8 Å². The number of nitrogens with two attached hydrogens (primary N) is 1. The molecule has 0 spiro atoms. The fourth-order valence-electron chi connectivity index (χ4n) is 2.48. The second-order valence-corrected chi connectivity index (χ2v) is 6.23. The lowest BCUT2D eigenvalue weighted by molar-refractivity contribution is -0.127. The SMILES string of the molecule is CCCCCCCCNC(N)=NCCCNC(=O)C1CCC1.I. The van der Waals surface area contributed by atoms with Gasteiger partial charge in [0.2, 0.25) is 5.91 Å². The van der Waals surface area contributed by atoms with E-state index in [0.29, 0.717) is 19.0 Å². The lowest BCUT2D eigenvalue weighted by atomic mass is 9.85. The number of guanidine groups is 1. The van der Waals surface area contributed by atoms with Crippen molar-refractivity contribution in [3.05, 3.63) is 0 Å². The summed E-state index contributed by atoms with van der Waals surface area (Å²) in [5.41, 5.74) is 5.81. The fraction of sp³-hybridized carbons (Fsp3) is 0.882. The van der Waals surface area contributed by atoms with E-state index in [1.54, 1.807) is 0 Å². The minimum absolute atomic E-state index is 0. The summed E-state index contributed by atoms with van der Waals surface area (Å²) in [7, 11) is 0. The van der Waals surface area contributed by atoms with Crippen LogP contribution in [0.5, 0.6) is 0 Å². The van der Waals surface area contributed by atoms with Crippen LogP contribution in [0.15, 0.2) is 4.99 Å². The third-order valence-electron chi connectivity index (χ3n) is 4.23. The first-order valence-electron chi connectivity index (χ1n) is 9.05.